The monoisotopic (exact) mass is 801 g/mol. The lowest BCUT2D eigenvalue weighted by molar-refractivity contribution is 1.28. The van der Waals surface area contributed by atoms with Gasteiger partial charge in [0.25, 0.3) is 0 Å². The smallest absolute Gasteiger partial charge is 0.0462 e. The first-order valence-electron chi connectivity index (χ1n) is 21.7. The van der Waals surface area contributed by atoms with Crippen LogP contribution in [0.25, 0.3) is 88.3 Å². The summed E-state index contributed by atoms with van der Waals surface area (Å²) < 4.78 is 0. The predicted octanol–water partition coefficient (Wildman–Crippen LogP) is 17.5. The summed E-state index contributed by atoms with van der Waals surface area (Å²) in [6.07, 6.45) is 0. The fraction of sp³-hybridized carbons (Fsp3) is 0. The predicted molar refractivity (Wildman–Crippen MR) is 269 cm³/mol. The zero-order valence-electron chi connectivity index (χ0n) is 34.8. The van der Waals surface area contributed by atoms with E-state index in [4.69, 9.17) is 0 Å². The van der Waals surface area contributed by atoms with E-state index in [1.54, 1.807) is 0 Å². The quantitative estimate of drug-likeness (QED) is 0.131. The van der Waals surface area contributed by atoms with E-state index in [9.17, 15) is 0 Å². The van der Waals surface area contributed by atoms with Gasteiger partial charge in [-0.1, -0.05) is 212 Å². The van der Waals surface area contributed by atoms with Crippen LogP contribution in [0, 0.1) is 0 Å². The summed E-state index contributed by atoms with van der Waals surface area (Å²) in [6, 6.07) is 94.5. The number of hydrogen-bond acceptors (Lipinski definition) is 1. The Labute approximate surface area is 369 Å². The van der Waals surface area contributed by atoms with Gasteiger partial charge in [0.05, 0.1) is 0 Å². The van der Waals surface area contributed by atoms with Crippen molar-refractivity contribution in [1.82, 2.24) is 0 Å². The summed E-state index contributed by atoms with van der Waals surface area (Å²) in [7, 11) is 0. The molecule has 1 nitrogen and oxygen atoms in total. The molecule has 11 aromatic carbocycles. The van der Waals surface area contributed by atoms with Crippen LogP contribution >= 0.6 is 0 Å². The maximum atomic E-state index is 2.37. The van der Waals surface area contributed by atoms with Gasteiger partial charge in [-0.3, -0.25) is 0 Å². The average molecular weight is 802 g/mol. The topological polar surface area (TPSA) is 3.24 Å². The highest BCUT2D eigenvalue weighted by molar-refractivity contribution is 6.15. The third-order valence-corrected chi connectivity index (χ3v) is 12.3. The van der Waals surface area contributed by atoms with Crippen molar-refractivity contribution in [2.24, 2.45) is 0 Å². The molecule has 11 aromatic rings. The standard InChI is InChI=1S/C62H43N/c1-4-14-44(15-5-1)46-24-26-47(27-25-46)49-30-37-55(38-31-49)63(54-35-28-48(29-36-54)45-16-6-2-7-17-45)56-39-32-50(33-40-56)52-34-41-60(61(42-52)51-18-8-3-9-19-51)62-43-53-20-10-11-21-57(53)58-22-12-13-23-59(58)62/h1-43H. The lowest BCUT2D eigenvalue weighted by Crippen LogP contribution is -2.09. The second-order valence-corrected chi connectivity index (χ2v) is 16.1. The molecule has 0 heterocycles. The van der Waals surface area contributed by atoms with Crippen molar-refractivity contribution in [3.8, 4) is 66.8 Å². The summed E-state index contributed by atoms with van der Waals surface area (Å²) in [6.45, 7) is 0. The highest BCUT2D eigenvalue weighted by atomic mass is 15.1. The zero-order chi connectivity index (χ0) is 42.0. The van der Waals surface area contributed by atoms with E-state index in [-0.39, 0.29) is 0 Å². The minimum atomic E-state index is 1.09. The van der Waals surface area contributed by atoms with Gasteiger partial charge in [-0.05, 0) is 137 Å². The van der Waals surface area contributed by atoms with Crippen molar-refractivity contribution in [3.63, 3.8) is 0 Å². The molecule has 0 amide bonds. The van der Waals surface area contributed by atoms with Crippen molar-refractivity contribution in [2.45, 2.75) is 0 Å². The van der Waals surface area contributed by atoms with Gasteiger partial charge in [-0.2, -0.15) is 0 Å². The van der Waals surface area contributed by atoms with Crippen LogP contribution in [0.3, 0.4) is 0 Å². The number of anilines is 3. The van der Waals surface area contributed by atoms with Gasteiger partial charge in [0, 0.05) is 17.1 Å². The number of rotatable bonds is 9. The highest BCUT2D eigenvalue weighted by Gasteiger charge is 2.17. The molecule has 0 saturated carbocycles. The molecular weight excluding hydrogens is 759 g/mol. The summed E-state index contributed by atoms with van der Waals surface area (Å²) in [4.78, 5) is 2.35. The van der Waals surface area contributed by atoms with Crippen LogP contribution < -0.4 is 4.90 Å². The number of benzene rings is 11. The Morgan fingerprint density at radius 2 is 0.540 bits per heavy atom. The Morgan fingerprint density at radius 1 is 0.190 bits per heavy atom. The lowest BCUT2D eigenvalue weighted by Gasteiger charge is -2.26. The van der Waals surface area contributed by atoms with Crippen LogP contribution in [0.1, 0.15) is 0 Å². The Hall–Kier alpha value is -8.26. The summed E-state index contributed by atoms with van der Waals surface area (Å²) in [5.74, 6) is 0. The molecule has 1 heteroatoms. The first-order valence-corrected chi connectivity index (χ1v) is 21.7. The van der Waals surface area contributed by atoms with Crippen molar-refractivity contribution in [3.05, 3.63) is 261 Å². The Morgan fingerprint density at radius 3 is 1.03 bits per heavy atom. The van der Waals surface area contributed by atoms with Gasteiger partial charge in [0.15, 0.2) is 0 Å². The first-order chi connectivity index (χ1) is 31.2. The fourth-order valence-electron chi connectivity index (χ4n) is 9.06. The summed E-state index contributed by atoms with van der Waals surface area (Å²) in [5.41, 5.74) is 17.7. The highest BCUT2D eigenvalue weighted by Crippen LogP contribution is 2.43. The molecule has 0 N–H and O–H groups in total. The Kier molecular flexibility index (Phi) is 9.97. The van der Waals surface area contributed by atoms with E-state index in [1.165, 1.54) is 88.3 Å². The van der Waals surface area contributed by atoms with Gasteiger partial charge in [-0.25, -0.2) is 0 Å². The van der Waals surface area contributed by atoms with Gasteiger partial charge in [0.1, 0.15) is 0 Å². The van der Waals surface area contributed by atoms with Crippen molar-refractivity contribution < 1.29 is 0 Å². The van der Waals surface area contributed by atoms with Crippen LogP contribution in [-0.2, 0) is 0 Å². The molecule has 0 bridgehead atoms. The molecule has 0 saturated heterocycles. The van der Waals surface area contributed by atoms with Gasteiger partial charge >= 0.3 is 0 Å². The van der Waals surface area contributed by atoms with Crippen molar-refractivity contribution in [1.29, 1.82) is 0 Å². The molecule has 0 fully saturated rings. The van der Waals surface area contributed by atoms with Crippen LogP contribution in [0.15, 0.2) is 261 Å². The summed E-state index contributed by atoms with van der Waals surface area (Å²) in [5, 5.41) is 5.06. The maximum Gasteiger partial charge on any atom is 0.0462 e. The fourth-order valence-corrected chi connectivity index (χ4v) is 9.06. The third kappa shape index (κ3) is 7.47. The largest absolute Gasteiger partial charge is 0.311 e. The molecular formula is C62H43N. The third-order valence-electron chi connectivity index (χ3n) is 12.3. The van der Waals surface area contributed by atoms with Gasteiger partial charge < -0.3 is 4.90 Å². The van der Waals surface area contributed by atoms with E-state index in [0.29, 0.717) is 0 Å². The Bertz CT molecular complexity index is 3320. The van der Waals surface area contributed by atoms with Crippen LogP contribution in [0.5, 0.6) is 0 Å². The van der Waals surface area contributed by atoms with E-state index >= 15 is 0 Å². The molecule has 0 aliphatic heterocycles. The molecule has 0 aliphatic carbocycles. The molecule has 0 unspecified atom stereocenters. The minimum Gasteiger partial charge on any atom is -0.311 e. The summed E-state index contributed by atoms with van der Waals surface area (Å²) >= 11 is 0. The van der Waals surface area contributed by atoms with Gasteiger partial charge in [0.2, 0.25) is 0 Å². The molecule has 63 heavy (non-hydrogen) atoms. The number of nitrogens with zero attached hydrogens (tertiary/aromatic N) is 1. The maximum absolute atomic E-state index is 2.37. The second-order valence-electron chi connectivity index (χ2n) is 16.1. The molecule has 0 spiro atoms. The van der Waals surface area contributed by atoms with Gasteiger partial charge in [-0.15, -0.1) is 0 Å². The molecule has 296 valence electrons. The molecule has 0 radical (unpaired) electrons. The normalized spacial score (nSPS) is 11.2. The SMILES string of the molecule is c1ccc(-c2ccc(-c3ccc(N(c4ccc(-c5ccccc5)cc4)c4ccc(-c5ccc(-c6cc7ccccc7c7ccccc67)c(-c6ccccc6)c5)cc4)cc3)cc2)cc1. The lowest BCUT2D eigenvalue weighted by atomic mass is 9.87. The Balaban J connectivity index is 0.965. The van der Waals surface area contributed by atoms with Crippen molar-refractivity contribution in [2.75, 3.05) is 4.90 Å². The van der Waals surface area contributed by atoms with E-state index < -0.39 is 0 Å². The second kappa shape index (κ2) is 16.7. The van der Waals surface area contributed by atoms with Crippen LogP contribution in [0.2, 0.25) is 0 Å². The van der Waals surface area contributed by atoms with E-state index in [0.717, 1.165) is 17.1 Å². The van der Waals surface area contributed by atoms with E-state index in [2.05, 4.69) is 266 Å². The molecule has 11 rings (SSSR count). The van der Waals surface area contributed by atoms with Crippen molar-refractivity contribution >= 4 is 38.6 Å². The minimum absolute atomic E-state index is 1.09. The van der Waals surface area contributed by atoms with E-state index in [1.807, 2.05) is 0 Å². The molecule has 0 aliphatic rings. The zero-order valence-corrected chi connectivity index (χ0v) is 34.8. The number of hydrogen-bond donors (Lipinski definition) is 0. The van der Waals surface area contributed by atoms with Crippen LogP contribution in [-0.4, -0.2) is 0 Å². The molecule has 0 aromatic heterocycles. The average Bonchev–Trinajstić information content (AvgIpc) is 3.37. The molecule has 0 atom stereocenters. The first kappa shape index (κ1) is 37.7. The number of fused-ring (bicyclic) bond motifs is 3. The van der Waals surface area contributed by atoms with Crippen LogP contribution in [0.4, 0.5) is 17.1 Å².